The fraction of sp³-hybridized carbons (Fsp3) is 0.150. The minimum atomic E-state index is -0.959. The monoisotopic (exact) mass is 377 g/mol. The maximum absolute atomic E-state index is 12.2. The number of carbonyl (C=O) groups is 1. The summed E-state index contributed by atoms with van der Waals surface area (Å²) in [7, 11) is 0. The van der Waals surface area contributed by atoms with Gasteiger partial charge in [0.25, 0.3) is 0 Å². The van der Waals surface area contributed by atoms with Crippen LogP contribution in [-0.2, 0) is 9.53 Å². The average molecular weight is 377 g/mol. The molecule has 2 heterocycles. The first-order valence-corrected chi connectivity index (χ1v) is 8.48. The number of aliphatic hydroxyl groups excluding tert-OH is 1. The van der Waals surface area contributed by atoms with Crippen molar-refractivity contribution in [1.82, 2.24) is 9.97 Å². The van der Waals surface area contributed by atoms with Gasteiger partial charge in [0.15, 0.2) is 23.1 Å². The Labute approximate surface area is 159 Å². The van der Waals surface area contributed by atoms with Crippen molar-refractivity contribution >= 4 is 22.6 Å². The fourth-order valence-electron chi connectivity index (χ4n) is 2.77. The van der Waals surface area contributed by atoms with Crippen molar-refractivity contribution in [2.45, 2.75) is 6.10 Å². The number of allylic oxidation sites excluding steroid dienone is 1. The first-order valence-electron chi connectivity index (χ1n) is 8.48. The molecule has 0 radical (unpaired) electrons. The predicted molar refractivity (Wildman–Crippen MR) is 98.6 cm³/mol. The van der Waals surface area contributed by atoms with E-state index >= 15 is 0 Å². The molecule has 2 N–H and O–H groups in total. The van der Waals surface area contributed by atoms with E-state index in [0.29, 0.717) is 17.0 Å². The van der Waals surface area contributed by atoms with Gasteiger partial charge in [-0.3, -0.25) is 0 Å². The number of nitriles is 1. The van der Waals surface area contributed by atoms with E-state index in [-0.39, 0.29) is 18.0 Å². The number of aromatic nitrogens is 2. The number of nitrogens with zero attached hydrogens (tertiary/aromatic N) is 2. The topological polar surface area (TPSA) is 117 Å². The van der Waals surface area contributed by atoms with Gasteiger partial charge in [-0.15, -0.1) is 0 Å². The Hall–Kier alpha value is -3.99. The van der Waals surface area contributed by atoms with Crippen molar-refractivity contribution in [1.29, 1.82) is 5.26 Å². The van der Waals surface area contributed by atoms with Crippen LogP contribution in [0.1, 0.15) is 5.82 Å². The second-order valence-electron chi connectivity index (χ2n) is 6.01. The number of benzene rings is 2. The molecule has 0 fully saturated rings. The van der Waals surface area contributed by atoms with Crippen LogP contribution >= 0.6 is 0 Å². The van der Waals surface area contributed by atoms with Gasteiger partial charge in [0.1, 0.15) is 24.9 Å². The molecule has 3 aromatic rings. The highest BCUT2D eigenvalue weighted by atomic mass is 16.6. The zero-order valence-electron chi connectivity index (χ0n) is 14.6. The van der Waals surface area contributed by atoms with Crippen molar-refractivity contribution in [3.63, 3.8) is 0 Å². The summed E-state index contributed by atoms with van der Waals surface area (Å²) in [6, 6.07) is 16.1. The summed E-state index contributed by atoms with van der Waals surface area (Å²) in [5.41, 5.74) is 1.28. The molecule has 8 heteroatoms. The second kappa shape index (κ2) is 7.32. The van der Waals surface area contributed by atoms with Crippen LogP contribution in [0.25, 0.3) is 16.6 Å². The van der Waals surface area contributed by atoms with Gasteiger partial charge in [0, 0.05) is 0 Å². The third-order valence-electron chi connectivity index (χ3n) is 4.15. The summed E-state index contributed by atoms with van der Waals surface area (Å²) >= 11 is 0. The molecule has 0 saturated heterocycles. The smallest absolute Gasteiger partial charge is 0.351 e. The third-order valence-corrected chi connectivity index (χ3v) is 4.15. The van der Waals surface area contributed by atoms with Crippen LogP contribution in [0.5, 0.6) is 11.5 Å². The number of hydrogen-bond acceptors (Lipinski definition) is 7. The number of esters is 1. The van der Waals surface area contributed by atoms with Gasteiger partial charge in [-0.25, -0.2) is 9.78 Å². The van der Waals surface area contributed by atoms with Crippen LogP contribution in [0.2, 0.25) is 0 Å². The van der Waals surface area contributed by atoms with E-state index in [9.17, 15) is 15.2 Å². The molecule has 1 atom stereocenters. The van der Waals surface area contributed by atoms with Gasteiger partial charge in [-0.2, -0.15) is 5.26 Å². The van der Waals surface area contributed by atoms with E-state index in [0.717, 1.165) is 5.52 Å². The number of fused-ring (bicyclic) bond motifs is 2. The lowest BCUT2D eigenvalue weighted by Crippen LogP contribution is -2.38. The zero-order valence-corrected chi connectivity index (χ0v) is 14.6. The van der Waals surface area contributed by atoms with Crippen LogP contribution in [0, 0.1) is 11.3 Å². The number of hydrogen-bond donors (Lipinski definition) is 2. The molecule has 0 bridgehead atoms. The minimum absolute atomic E-state index is 0.00496. The predicted octanol–water partition coefficient (Wildman–Crippen LogP) is 2.74. The molecule has 0 amide bonds. The maximum Gasteiger partial charge on any atom is 0.351 e. The maximum atomic E-state index is 12.2. The number of nitrogens with one attached hydrogen (secondary N) is 1. The molecular formula is C20H15N3O5. The van der Waals surface area contributed by atoms with Crippen molar-refractivity contribution in [2.24, 2.45) is 0 Å². The van der Waals surface area contributed by atoms with Gasteiger partial charge in [0.05, 0.1) is 11.0 Å². The lowest BCUT2D eigenvalue weighted by molar-refractivity contribution is -0.154. The lowest BCUT2D eigenvalue weighted by Gasteiger charge is -2.24. The van der Waals surface area contributed by atoms with Gasteiger partial charge in [0.2, 0.25) is 6.10 Å². The molecular weight excluding hydrogens is 362 g/mol. The van der Waals surface area contributed by atoms with Gasteiger partial charge >= 0.3 is 5.97 Å². The molecule has 2 aromatic carbocycles. The Bertz CT molecular complexity index is 1080. The van der Waals surface area contributed by atoms with Gasteiger partial charge in [-0.1, -0.05) is 24.3 Å². The van der Waals surface area contributed by atoms with E-state index in [1.165, 1.54) is 0 Å². The molecule has 0 saturated carbocycles. The number of imidazole rings is 1. The van der Waals surface area contributed by atoms with Crippen molar-refractivity contribution in [2.75, 3.05) is 13.2 Å². The molecule has 1 aliphatic heterocycles. The zero-order chi connectivity index (χ0) is 19.5. The number of H-pyrrole nitrogens is 1. The highest BCUT2D eigenvalue weighted by molar-refractivity contribution is 5.83. The molecule has 1 aliphatic rings. The van der Waals surface area contributed by atoms with E-state index in [2.05, 4.69) is 9.97 Å². The number of aliphatic hydroxyl groups is 1. The first kappa shape index (κ1) is 17.4. The molecule has 0 spiro atoms. The van der Waals surface area contributed by atoms with Crippen molar-refractivity contribution in [3.05, 3.63) is 60.1 Å². The highest BCUT2D eigenvalue weighted by Crippen LogP contribution is 2.31. The number of para-hydroxylation sites is 4. The normalized spacial score (nSPS) is 16.2. The quantitative estimate of drug-likeness (QED) is 0.408. The Kier molecular flexibility index (Phi) is 4.56. The summed E-state index contributed by atoms with van der Waals surface area (Å²) in [4.78, 5) is 19.5. The van der Waals surface area contributed by atoms with E-state index in [1.54, 1.807) is 36.4 Å². The summed E-state index contributed by atoms with van der Waals surface area (Å²) in [5, 5.41) is 19.6. The van der Waals surface area contributed by atoms with E-state index in [1.807, 2.05) is 18.2 Å². The molecule has 0 unspecified atom stereocenters. The van der Waals surface area contributed by atoms with Crippen LogP contribution in [-0.4, -0.2) is 40.4 Å². The molecule has 140 valence electrons. The Balaban J connectivity index is 1.46. The van der Waals surface area contributed by atoms with Gasteiger partial charge < -0.3 is 24.3 Å². The molecule has 28 heavy (non-hydrogen) atoms. The Morgan fingerprint density at radius 3 is 2.79 bits per heavy atom. The average Bonchev–Trinajstić information content (AvgIpc) is 3.15. The summed E-state index contributed by atoms with van der Waals surface area (Å²) in [5.74, 6) is 0.0693. The summed E-state index contributed by atoms with van der Waals surface area (Å²) in [6.45, 7) is -0.491. The molecule has 0 aliphatic carbocycles. The number of carbonyl (C=O) groups excluding carboxylic acids is 1. The summed E-state index contributed by atoms with van der Waals surface area (Å²) < 4.78 is 16.1. The Morgan fingerprint density at radius 2 is 2.00 bits per heavy atom. The highest BCUT2D eigenvalue weighted by Gasteiger charge is 2.29. The number of rotatable bonds is 4. The SMILES string of the molecule is N#CC(=C(O)COC(=O)[C@@H]1COc2ccccc2O1)c1nc2ccccc2[nH]1. The number of ether oxygens (including phenoxy) is 3. The molecule has 1 aromatic heterocycles. The third kappa shape index (κ3) is 3.33. The standard InChI is InChI=1S/C20H15N3O5/c21-9-12(19-22-13-5-1-2-6-14(13)23-19)15(24)10-27-20(25)18-11-26-16-7-3-4-8-17(16)28-18/h1-8,18,24H,10-11H2,(H,22,23)/t18-/m0/s1. The van der Waals surface area contributed by atoms with Crippen LogP contribution in [0.3, 0.4) is 0 Å². The minimum Gasteiger partial charge on any atom is -0.507 e. The van der Waals surface area contributed by atoms with Crippen molar-refractivity contribution < 1.29 is 24.1 Å². The molecule has 4 rings (SSSR count). The fourth-order valence-corrected chi connectivity index (χ4v) is 2.77. The van der Waals surface area contributed by atoms with Gasteiger partial charge in [-0.05, 0) is 24.3 Å². The van der Waals surface area contributed by atoms with E-state index < -0.39 is 24.4 Å². The lowest BCUT2D eigenvalue weighted by atomic mass is 10.2. The molecule has 8 nitrogen and oxygen atoms in total. The number of aromatic amines is 1. The van der Waals surface area contributed by atoms with Crippen LogP contribution < -0.4 is 9.47 Å². The Morgan fingerprint density at radius 1 is 1.25 bits per heavy atom. The van der Waals surface area contributed by atoms with Crippen LogP contribution in [0.15, 0.2) is 54.3 Å². The second-order valence-corrected chi connectivity index (χ2v) is 6.01. The largest absolute Gasteiger partial charge is 0.507 e. The van der Waals surface area contributed by atoms with E-state index in [4.69, 9.17) is 14.2 Å². The first-order chi connectivity index (χ1) is 13.7. The van der Waals surface area contributed by atoms with Crippen molar-refractivity contribution in [3.8, 4) is 17.6 Å². The van der Waals surface area contributed by atoms with Crippen LogP contribution in [0.4, 0.5) is 0 Å². The summed E-state index contributed by atoms with van der Waals surface area (Å²) in [6.07, 6.45) is -0.959.